The van der Waals surface area contributed by atoms with Gasteiger partial charge in [0.2, 0.25) is 5.91 Å². The van der Waals surface area contributed by atoms with Gasteiger partial charge < -0.3 is 16.2 Å². The van der Waals surface area contributed by atoms with Crippen LogP contribution < -0.4 is 11.1 Å². The Morgan fingerprint density at radius 3 is 2.79 bits per heavy atom. The highest BCUT2D eigenvalue weighted by atomic mass is 16.6. The third-order valence-electron chi connectivity index (χ3n) is 2.74. The molecule has 0 saturated carbocycles. The van der Waals surface area contributed by atoms with E-state index in [1.54, 1.807) is 0 Å². The number of nitrogens with two attached hydrogens (primary N) is 1. The average Bonchev–Trinajstić information content (AvgIpc) is 2.36. The van der Waals surface area contributed by atoms with Gasteiger partial charge in [-0.3, -0.25) is 14.9 Å². The zero-order chi connectivity index (χ0) is 14.4. The number of aliphatic hydroxyl groups is 1. The van der Waals surface area contributed by atoms with Crippen LogP contribution in [0.2, 0.25) is 0 Å². The molecule has 1 atom stereocenters. The van der Waals surface area contributed by atoms with Gasteiger partial charge in [-0.2, -0.15) is 0 Å². The van der Waals surface area contributed by atoms with Gasteiger partial charge in [0, 0.05) is 24.8 Å². The first kappa shape index (κ1) is 14.9. The Morgan fingerprint density at radius 2 is 2.26 bits per heavy atom. The molecule has 1 rings (SSSR count). The normalized spacial score (nSPS) is 11.9. The molecule has 19 heavy (non-hydrogen) atoms. The Bertz CT molecular complexity index is 476. The van der Waals surface area contributed by atoms with Crippen LogP contribution in [0.4, 0.5) is 11.4 Å². The number of nitro benzene ring substituents is 1. The topological polar surface area (TPSA) is 118 Å². The molecule has 0 fully saturated rings. The highest BCUT2D eigenvalue weighted by molar-refractivity contribution is 5.94. The smallest absolute Gasteiger partial charge is 0.292 e. The van der Waals surface area contributed by atoms with Gasteiger partial charge in [-0.05, 0) is 24.5 Å². The number of aliphatic hydroxyl groups excluding tert-OH is 1. The lowest BCUT2D eigenvalue weighted by atomic mass is 10.1. The van der Waals surface area contributed by atoms with E-state index in [0.29, 0.717) is 13.0 Å². The second-order valence-corrected chi connectivity index (χ2v) is 4.35. The van der Waals surface area contributed by atoms with Gasteiger partial charge in [0.25, 0.3) is 5.69 Å². The largest absolute Gasteiger partial charge is 0.396 e. The molecule has 0 heterocycles. The summed E-state index contributed by atoms with van der Waals surface area (Å²) in [5.74, 6) is -0.483. The van der Waals surface area contributed by atoms with E-state index in [-0.39, 0.29) is 29.5 Å². The molecular formula is C12H17N3O4. The highest BCUT2D eigenvalue weighted by Crippen LogP contribution is 2.25. The second kappa shape index (κ2) is 6.69. The fourth-order valence-electron chi connectivity index (χ4n) is 1.60. The standard InChI is InChI=1S/C12H17N3O4/c1-8(4-5-16)7-14-10-6-9(12(13)17)2-3-11(10)15(18)19/h2-3,6,8,14,16H,4-5,7H2,1H3,(H2,13,17). The maximum atomic E-state index is 11.1. The van der Waals surface area contributed by atoms with Gasteiger partial charge in [-0.1, -0.05) is 6.92 Å². The first-order valence-electron chi connectivity index (χ1n) is 5.88. The number of nitro groups is 1. The van der Waals surface area contributed by atoms with Crippen LogP contribution in [-0.2, 0) is 0 Å². The second-order valence-electron chi connectivity index (χ2n) is 4.35. The lowest BCUT2D eigenvalue weighted by molar-refractivity contribution is -0.384. The van der Waals surface area contributed by atoms with Crippen molar-refractivity contribution in [2.75, 3.05) is 18.5 Å². The number of amides is 1. The fourth-order valence-corrected chi connectivity index (χ4v) is 1.60. The zero-order valence-corrected chi connectivity index (χ0v) is 10.6. The third-order valence-corrected chi connectivity index (χ3v) is 2.74. The van der Waals surface area contributed by atoms with Crippen LogP contribution in [0, 0.1) is 16.0 Å². The molecule has 0 saturated heterocycles. The molecule has 104 valence electrons. The van der Waals surface area contributed by atoms with Crippen molar-refractivity contribution >= 4 is 17.3 Å². The minimum Gasteiger partial charge on any atom is -0.396 e. The molecule has 1 aromatic rings. The van der Waals surface area contributed by atoms with Crippen LogP contribution in [0.1, 0.15) is 23.7 Å². The molecule has 7 heteroatoms. The van der Waals surface area contributed by atoms with E-state index in [2.05, 4.69) is 5.32 Å². The van der Waals surface area contributed by atoms with E-state index >= 15 is 0 Å². The number of nitrogens with one attached hydrogen (secondary N) is 1. The van der Waals surface area contributed by atoms with E-state index in [1.807, 2.05) is 6.92 Å². The van der Waals surface area contributed by atoms with E-state index in [9.17, 15) is 14.9 Å². The molecule has 7 nitrogen and oxygen atoms in total. The summed E-state index contributed by atoms with van der Waals surface area (Å²) in [6.07, 6.45) is 0.594. The molecule has 4 N–H and O–H groups in total. The van der Waals surface area contributed by atoms with Crippen LogP contribution in [-0.4, -0.2) is 29.1 Å². The van der Waals surface area contributed by atoms with Crippen molar-refractivity contribution in [2.24, 2.45) is 11.7 Å². The zero-order valence-electron chi connectivity index (χ0n) is 10.6. The summed E-state index contributed by atoms with van der Waals surface area (Å²) in [6, 6.07) is 3.94. The van der Waals surface area contributed by atoms with Crippen molar-refractivity contribution in [3.05, 3.63) is 33.9 Å². The number of hydrogen-bond acceptors (Lipinski definition) is 5. The minimum absolute atomic E-state index is 0.0618. The van der Waals surface area contributed by atoms with Gasteiger partial charge >= 0.3 is 0 Å². The minimum atomic E-state index is -0.638. The van der Waals surface area contributed by atoms with Crippen molar-refractivity contribution in [1.82, 2.24) is 0 Å². The van der Waals surface area contributed by atoms with Crippen LogP contribution in [0.25, 0.3) is 0 Å². The Labute approximate surface area is 110 Å². The number of carbonyl (C=O) groups excluding carboxylic acids is 1. The molecule has 0 aromatic heterocycles. The van der Waals surface area contributed by atoms with E-state index in [0.717, 1.165) is 0 Å². The number of nitrogens with zero attached hydrogens (tertiary/aromatic N) is 1. The first-order chi connectivity index (χ1) is 8.95. The van der Waals surface area contributed by atoms with E-state index < -0.39 is 10.8 Å². The summed E-state index contributed by atoms with van der Waals surface area (Å²) in [5, 5.41) is 22.6. The Hall–Kier alpha value is -2.15. The van der Waals surface area contributed by atoms with Crippen LogP contribution in [0.3, 0.4) is 0 Å². The predicted molar refractivity (Wildman–Crippen MR) is 71.0 cm³/mol. The number of carbonyl (C=O) groups is 1. The maximum absolute atomic E-state index is 11.1. The summed E-state index contributed by atoms with van der Waals surface area (Å²) < 4.78 is 0. The molecule has 1 unspecified atom stereocenters. The molecule has 0 aliphatic carbocycles. The molecule has 1 amide bonds. The number of primary amides is 1. The number of benzene rings is 1. The van der Waals surface area contributed by atoms with E-state index in [4.69, 9.17) is 10.8 Å². The summed E-state index contributed by atoms with van der Waals surface area (Å²) in [7, 11) is 0. The summed E-state index contributed by atoms with van der Waals surface area (Å²) in [5.41, 5.74) is 5.50. The van der Waals surface area contributed by atoms with Crippen molar-refractivity contribution in [3.63, 3.8) is 0 Å². The summed E-state index contributed by atoms with van der Waals surface area (Å²) >= 11 is 0. The number of anilines is 1. The van der Waals surface area contributed by atoms with Gasteiger partial charge in [0.15, 0.2) is 0 Å². The molecule has 0 spiro atoms. The third kappa shape index (κ3) is 4.22. The Morgan fingerprint density at radius 1 is 1.58 bits per heavy atom. The Balaban J connectivity index is 2.91. The summed E-state index contributed by atoms with van der Waals surface area (Å²) in [6.45, 7) is 2.43. The molecule has 0 bridgehead atoms. The van der Waals surface area contributed by atoms with Crippen molar-refractivity contribution in [2.45, 2.75) is 13.3 Å². The number of hydrogen-bond donors (Lipinski definition) is 3. The molecule has 0 aliphatic rings. The van der Waals surface area contributed by atoms with Crippen molar-refractivity contribution < 1.29 is 14.8 Å². The van der Waals surface area contributed by atoms with Crippen LogP contribution >= 0.6 is 0 Å². The monoisotopic (exact) mass is 267 g/mol. The highest BCUT2D eigenvalue weighted by Gasteiger charge is 2.16. The molecule has 0 radical (unpaired) electrons. The van der Waals surface area contributed by atoms with Crippen LogP contribution in [0.15, 0.2) is 18.2 Å². The molecular weight excluding hydrogens is 250 g/mol. The molecule has 1 aromatic carbocycles. The summed E-state index contributed by atoms with van der Waals surface area (Å²) in [4.78, 5) is 21.4. The quantitative estimate of drug-likeness (QED) is 0.505. The number of rotatable bonds is 7. The fraction of sp³-hybridized carbons (Fsp3) is 0.417. The van der Waals surface area contributed by atoms with Gasteiger partial charge in [-0.25, -0.2) is 0 Å². The van der Waals surface area contributed by atoms with E-state index in [1.165, 1.54) is 18.2 Å². The first-order valence-corrected chi connectivity index (χ1v) is 5.88. The lowest BCUT2D eigenvalue weighted by Crippen LogP contribution is -2.15. The van der Waals surface area contributed by atoms with Gasteiger partial charge in [-0.15, -0.1) is 0 Å². The van der Waals surface area contributed by atoms with Crippen molar-refractivity contribution in [1.29, 1.82) is 0 Å². The molecule has 0 aliphatic heterocycles. The maximum Gasteiger partial charge on any atom is 0.292 e. The SMILES string of the molecule is CC(CCO)CNc1cc(C(N)=O)ccc1[N+](=O)[O-]. The van der Waals surface area contributed by atoms with Crippen LogP contribution in [0.5, 0.6) is 0 Å². The lowest BCUT2D eigenvalue weighted by Gasteiger charge is -2.12. The van der Waals surface area contributed by atoms with Crippen molar-refractivity contribution in [3.8, 4) is 0 Å². The average molecular weight is 267 g/mol. The van der Waals surface area contributed by atoms with Gasteiger partial charge in [0.1, 0.15) is 5.69 Å². The predicted octanol–water partition coefficient (Wildman–Crippen LogP) is 1.12. The van der Waals surface area contributed by atoms with Gasteiger partial charge in [0.05, 0.1) is 4.92 Å². The Kier molecular flexibility index (Phi) is 5.25.